The normalized spacial score (nSPS) is 33.4. The van der Waals surface area contributed by atoms with Gasteiger partial charge in [0, 0.05) is 19.6 Å². The summed E-state index contributed by atoms with van der Waals surface area (Å²) in [6, 6.07) is 0. The number of rotatable bonds is 3. The molecule has 2 heterocycles. The molecule has 2 aliphatic rings. The maximum absolute atomic E-state index is 9.79. The third-order valence-electron chi connectivity index (χ3n) is 3.78. The van der Waals surface area contributed by atoms with E-state index < -0.39 is 0 Å². The van der Waals surface area contributed by atoms with E-state index in [4.69, 9.17) is 9.26 Å². The molecule has 1 N–H and O–H groups in total. The average molecular weight is 238 g/mol. The molecule has 17 heavy (non-hydrogen) atoms. The Labute approximate surface area is 100 Å². The van der Waals surface area contributed by atoms with Crippen molar-refractivity contribution in [1.82, 2.24) is 10.1 Å². The van der Waals surface area contributed by atoms with Gasteiger partial charge in [0.05, 0.1) is 12.0 Å². The van der Waals surface area contributed by atoms with E-state index in [1.54, 1.807) is 0 Å². The summed E-state index contributed by atoms with van der Waals surface area (Å²) in [5.74, 6) is 1.95. The summed E-state index contributed by atoms with van der Waals surface area (Å²) in [5, 5.41) is 13.8. The van der Waals surface area contributed by atoms with Crippen LogP contribution in [-0.4, -0.2) is 34.6 Å². The molecule has 3 rings (SSSR count). The van der Waals surface area contributed by atoms with Crippen LogP contribution in [0.5, 0.6) is 0 Å². The highest BCUT2D eigenvalue weighted by Gasteiger charge is 2.31. The highest BCUT2D eigenvalue weighted by atomic mass is 16.5. The van der Waals surface area contributed by atoms with Crippen LogP contribution in [0.3, 0.4) is 0 Å². The van der Waals surface area contributed by atoms with E-state index in [0.717, 1.165) is 51.1 Å². The van der Waals surface area contributed by atoms with E-state index in [2.05, 4.69) is 10.1 Å². The summed E-state index contributed by atoms with van der Waals surface area (Å²) in [7, 11) is 0. The SMILES string of the molecule is OC1CCCC1c1nc(CC2CCOC2)no1. The highest BCUT2D eigenvalue weighted by molar-refractivity contribution is 5.01. The molecule has 0 bridgehead atoms. The van der Waals surface area contributed by atoms with Gasteiger partial charge in [0.2, 0.25) is 5.89 Å². The lowest BCUT2D eigenvalue weighted by Gasteiger charge is -2.07. The van der Waals surface area contributed by atoms with Crippen LogP contribution in [0, 0.1) is 5.92 Å². The van der Waals surface area contributed by atoms with Crippen LogP contribution in [0.2, 0.25) is 0 Å². The monoisotopic (exact) mass is 238 g/mol. The van der Waals surface area contributed by atoms with Crippen molar-refractivity contribution in [2.24, 2.45) is 5.92 Å². The first kappa shape index (κ1) is 11.2. The van der Waals surface area contributed by atoms with Gasteiger partial charge < -0.3 is 14.4 Å². The molecule has 1 saturated heterocycles. The fourth-order valence-electron chi connectivity index (χ4n) is 2.73. The number of hydrogen-bond acceptors (Lipinski definition) is 5. The van der Waals surface area contributed by atoms with Crippen molar-refractivity contribution in [2.75, 3.05) is 13.2 Å². The van der Waals surface area contributed by atoms with Crippen molar-refractivity contribution in [3.05, 3.63) is 11.7 Å². The lowest BCUT2D eigenvalue weighted by atomic mass is 10.0. The molecule has 1 aromatic rings. The van der Waals surface area contributed by atoms with Crippen molar-refractivity contribution in [2.45, 2.75) is 44.1 Å². The third-order valence-corrected chi connectivity index (χ3v) is 3.78. The molecule has 5 nitrogen and oxygen atoms in total. The molecule has 0 radical (unpaired) electrons. The molecule has 1 aliphatic carbocycles. The van der Waals surface area contributed by atoms with Gasteiger partial charge in [0.1, 0.15) is 0 Å². The van der Waals surface area contributed by atoms with E-state index in [0.29, 0.717) is 11.8 Å². The first-order chi connectivity index (χ1) is 8.33. The van der Waals surface area contributed by atoms with Gasteiger partial charge in [-0.2, -0.15) is 4.98 Å². The Bertz CT molecular complexity index is 374. The van der Waals surface area contributed by atoms with Gasteiger partial charge in [0.25, 0.3) is 0 Å². The Morgan fingerprint density at radius 3 is 2.94 bits per heavy atom. The molecular weight excluding hydrogens is 220 g/mol. The zero-order chi connectivity index (χ0) is 11.7. The minimum Gasteiger partial charge on any atom is -0.392 e. The second-order valence-electron chi connectivity index (χ2n) is 5.09. The quantitative estimate of drug-likeness (QED) is 0.859. The molecule has 3 atom stereocenters. The van der Waals surface area contributed by atoms with E-state index in [9.17, 15) is 5.11 Å². The van der Waals surface area contributed by atoms with Crippen LogP contribution >= 0.6 is 0 Å². The molecule has 5 heteroatoms. The van der Waals surface area contributed by atoms with E-state index in [-0.39, 0.29) is 12.0 Å². The van der Waals surface area contributed by atoms with E-state index >= 15 is 0 Å². The van der Waals surface area contributed by atoms with Gasteiger partial charge in [0.15, 0.2) is 5.82 Å². The molecule has 0 aromatic carbocycles. The lowest BCUT2D eigenvalue weighted by molar-refractivity contribution is 0.148. The Balaban J connectivity index is 1.65. The standard InChI is InChI=1S/C12H18N2O3/c15-10-3-1-2-9(10)12-13-11(14-17-12)6-8-4-5-16-7-8/h8-10,15H,1-7H2. The molecule has 0 spiro atoms. The Kier molecular flexibility index (Phi) is 3.11. The largest absolute Gasteiger partial charge is 0.392 e. The number of hydrogen-bond donors (Lipinski definition) is 1. The second-order valence-corrected chi connectivity index (χ2v) is 5.09. The maximum Gasteiger partial charge on any atom is 0.232 e. The molecule has 94 valence electrons. The molecular formula is C12H18N2O3. The summed E-state index contributed by atoms with van der Waals surface area (Å²) in [4.78, 5) is 4.41. The minimum atomic E-state index is -0.307. The molecule has 1 aliphatic heterocycles. The van der Waals surface area contributed by atoms with Gasteiger partial charge in [-0.25, -0.2) is 0 Å². The van der Waals surface area contributed by atoms with Crippen LogP contribution in [0.25, 0.3) is 0 Å². The predicted octanol–water partition coefficient (Wildman–Crippen LogP) is 1.28. The van der Waals surface area contributed by atoms with E-state index in [1.807, 2.05) is 0 Å². The predicted molar refractivity (Wildman–Crippen MR) is 59.5 cm³/mol. The van der Waals surface area contributed by atoms with Crippen LogP contribution < -0.4 is 0 Å². The van der Waals surface area contributed by atoms with Gasteiger partial charge in [-0.3, -0.25) is 0 Å². The minimum absolute atomic E-state index is 0.0519. The topological polar surface area (TPSA) is 68.4 Å². The van der Waals surface area contributed by atoms with Crippen molar-refractivity contribution < 1.29 is 14.4 Å². The average Bonchev–Trinajstić information content (AvgIpc) is 3.00. The summed E-state index contributed by atoms with van der Waals surface area (Å²) >= 11 is 0. The number of aliphatic hydroxyl groups excluding tert-OH is 1. The molecule has 0 amide bonds. The summed E-state index contributed by atoms with van der Waals surface area (Å²) in [5.41, 5.74) is 0. The van der Waals surface area contributed by atoms with Crippen LogP contribution in [0.15, 0.2) is 4.52 Å². The number of nitrogens with zero attached hydrogens (tertiary/aromatic N) is 2. The molecule has 1 saturated carbocycles. The summed E-state index contributed by atoms with van der Waals surface area (Å²) in [6.07, 6.45) is 4.44. The zero-order valence-electron chi connectivity index (χ0n) is 9.84. The first-order valence-electron chi connectivity index (χ1n) is 6.41. The molecule has 3 unspecified atom stereocenters. The Morgan fingerprint density at radius 2 is 2.24 bits per heavy atom. The van der Waals surface area contributed by atoms with Crippen molar-refractivity contribution >= 4 is 0 Å². The van der Waals surface area contributed by atoms with Crippen LogP contribution in [0.4, 0.5) is 0 Å². The smallest absolute Gasteiger partial charge is 0.232 e. The molecule has 2 fully saturated rings. The van der Waals surface area contributed by atoms with Crippen molar-refractivity contribution in [1.29, 1.82) is 0 Å². The van der Waals surface area contributed by atoms with Gasteiger partial charge >= 0.3 is 0 Å². The molecule has 1 aromatic heterocycles. The second kappa shape index (κ2) is 4.74. The van der Waals surface area contributed by atoms with Crippen LogP contribution in [-0.2, 0) is 11.2 Å². The fourth-order valence-corrected chi connectivity index (χ4v) is 2.73. The lowest BCUT2D eigenvalue weighted by Crippen LogP contribution is -2.11. The summed E-state index contributed by atoms with van der Waals surface area (Å²) < 4.78 is 10.6. The third kappa shape index (κ3) is 2.35. The maximum atomic E-state index is 9.79. The number of aliphatic hydroxyl groups is 1. The van der Waals surface area contributed by atoms with Gasteiger partial charge in [-0.15, -0.1) is 0 Å². The van der Waals surface area contributed by atoms with Gasteiger partial charge in [-0.1, -0.05) is 5.16 Å². The fraction of sp³-hybridized carbons (Fsp3) is 0.833. The Hall–Kier alpha value is -0.940. The van der Waals surface area contributed by atoms with Gasteiger partial charge in [-0.05, 0) is 31.6 Å². The Morgan fingerprint density at radius 1 is 1.29 bits per heavy atom. The zero-order valence-corrected chi connectivity index (χ0v) is 9.84. The van der Waals surface area contributed by atoms with Crippen LogP contribution in [0.1, 0.15) is 43.3 Å². The van der Waals surface area contributed by atoms with Crippen molar-refractivity contribution in [3.8, 4) is 0 Å². The van der Waals surface area contributed by atoms with E-state index in [1.165, 1.54) is 0 Å². The van der Waals surface area contributed by atoms with Crippen molar-refractivity contribution in [3.63, 3.8) is 0 Å². The first-order valence-corrected chi connectivity index (χ1v) is 6.41. The highest BCUT2D eigenvalue weighted by Crippen LogP contribution is 2.33. The number of aromatic nitrogens is 2. The number of ether oxygens (including phenoxy) is 1. The summed E-state index contributed by atoms with van der Waals surface area (Å²) in [6.45, 7) is 1.65.